The van der Waals surface area contributed by atoms with Gasteiger partial charge in [0, 0.05) is 30.1 Å². The Morgan fingerprint density at radius 2 is 2.00 bits per heavy atom. The van der Waals surface area contributed by atoms with E-state index in [1.807, 2.05) is 30.1 Å². The van der Waals surface area contributed by atoms with Crippen LogP contribution in [0.1, 0.15) is 42.5 Å². The van der Waals surface area contributed by atoms with Crippen molar-refractivity contribution >= 4 is 34.2 Å². The van der Waals surface area contributed by atoms with Crippen LogP contribution < -0.4 is 11.1 Å². The number of amides is 2. The third-order valence-electron chi connectivity index (χ3n) is 6.50. The van der Waals surface area contributed by atoms with Crippen LogP contribution in [-0.2, 0) is 34.6 Å². The van der Waals surface area contributed by atoms with Gasteiger partial charge in [0.1, 0.15) is 5.82 Å². The third-order valence-corrected chi connectivity index (χ3v) is 6.50. The largest absolute Gasteiger partial charge is 0.383 e. The molecule has 2 aliphatic rings. The fraction of sp³-hybridized carbons (Fsp3) is 0.391. The predicted molar refractivity (Wildman–Crippen MR) is 119 cm³/mol. The number of nitrogen functional groups attached to an aromatic ring is 1. The molecule has 2 aromatic heterocycles. The van der Waals surface area contributed by atoms with Gasteiger partial charge in [0.05, 0.1) is 42.9 Å². The van der Waals surface area contributed by atoms with Crippen LogP contribution in [0.4, 0.5) is 11.5 Å². The molecule has 2 unspecified atom stereocenters. The molecule has 2 aliphatic heterocycles. The molecule has 0 spiro atoms. The lowest BCUT2D eigenvalue weighted by Gasteiger charge is -2.38. The minimum Gasteiger partial charge on any atom is -0.383 e. The maximum atomic E-state index is 13.3. The summed E-state index contributed by atoms with van der Waals surface area (Å²) >= 11 is 0. The first-order chi connectivity index (χ1) is 15.4. The highest BCUT2D eigenvalue weighted by atomic mass is 16.5. The van der Waals surface area contributed by atoms with Gasteiger partial charge in [-0.25, -0.2) is 4.98 Å². The molecule has 4 heterocycles. The first kappa shape index (κ1) is 20.4. The number of fused-ring (bicyclic) bond motifs is 2. The minimum absolute atomic E-state index is 0.164. The van der Waals surface area contributed by atoms with Crippen molar-refractivity contribution in [3.05, 3.63) is 47.3 Å². The van der Waals surface area contributed by atoms with Gasteiger partial charge in [-0.2, -0.15) is 5.10 Å². The Morgan fingerprint density at radius 3 is 2.84 bits per heavy atom. The fourth-order valence-electron chi connectivity index (χ4n) is 4.69. The normalized spacial score (nSPS) is 20.4. The van der Waals surface area contributed by atoms with Crippen molar-refractivity contribution in [1.29, 1.82) is 0 Å². The molecule has 0 bridgehead atoms. The number of benzene rings is 1. The highest BCUT2D eigenvalue weighted by Gasteiger charge is 2.35. The van der Waals surface area contributed by atoms with E-state index in [9.17, 15) is 9.59 Å². The van der Waals surface area contributed by atoms with Crippen LogP contribution in [0.5, 0.6) is 0 Å². The summed E-state index contributed by atoms with van der Waals surface area (Å²) in [6, 6.07) is 5.94. The molecule has 9 heteroatoms. The third kappa shape index (κ3) is 3.48. The number of piperidine rings is 1. The maximum Gasteiger partial charge on any atom is 0.313 e. The Labute approximate surface area is 185 Å². The molecule has 9 nitrogen and oxygen atoms in total. The number of nitrogens with zero attached hydrogens (tertiary/aromatic N) is 4. The fourth-order valence-corrected chi connectivity index (χ4v) is 4.69. The SMILES string of the molecule is CC1CCC(c2ccc3cnn(C)c3c2)N(C(=O)C(=O)Nc2cnc(N)c3c2COC3)C1. The van der Waals surface area contributed by atoms with Crippen molar-refractivity contribution in [2.75, 3.05) is 17.6 Å². The number of rotatable bonds is 2. The average Bonchev–Trinajstić information content (AvgIpc) is 3.43. The number of carbonyl (C=O) groups excluding carboxylic acids is 2. The standard InChI is InChI=1S/C23H26N6O3/c1-13-3-6-19(14-4-5-15-8-26-28(2)20(15)7-14)29(10-13)23(31)22(30)27-18-9-25-21(24)17-12-32-11-16(17)18/h4-5,7-9,13,19H,3,6,10-12H2,1-2H3,(H2,24,25)(H,27,30). The molecule has 3 N–H and O–H groups in total. The van der Waals surface area contributed by atoms with E-state index in [0.29, 0.717) is 37.2 Å². The van der Waals surface area contributed by atoms with Gasteiger partial charge in [-0.1, -0.05) is 19.1 Å². The molecule has 3 aromatic rings. The van der Waals surface area contributed by atoms with E-state index in [2.05, 4.69) is 28.4 Å². The molecule has 2 amide bonds. The smallest absolute Gasteiger partial charge is 0.313 e. The predicted octanol–water partition coefficient (Wildman–Crippen LogP) is 2.52. The number of carbonyl (C=O) groups is 2. The van der Waals surface area contributed by atoms with Crippen LogP contribution in [0.3, 0.4) is 0 Å². The summed E-state index contributed by atoms with van der Waals surface area (Å²) in [5.41, 5.74) is 9.94. The lowest BCUT2D eigenvalue weighted by molar-refractivity contribution is -0.146. The van der Waals surface area contributed by atoms with Crippen LogP contribution in [0.25, 0.3) is 10.9 Å². The number of anilines is 2. The summed E-state index contributed by atoms with van der Waals surface area (Å²) in [5, 5.41) is 8.10. The molecule has 5 rings (SSSR count). The first-order valence-electron chi connectivity index (χ1n) is 10.8. The Balaban J connectivity index is 1.41. The molecule has 32 heavy (non-hydrogen) atoms. The van der Waals surface area contributed by atoms with Gasteiger partial charge >= 0.3 is 11.8 Å². The zero-order chi connectivity index (χ0) is 22.4. The lowest BCUT2D eigenvalue weighted by atomic mass is 9.89. The van der Waals surface area contributed by atoms with E-state index < -0.39 is 11.8 Å². The number of aromatic nitrogens is 3. The summed E-state index contributed by atoms with van der Waals surface area (Å²) in [6.07, 6.45) is 5.10. The topological polar surface area (TPSA) is 115 Å². The molecule has 1 fully saturated rings. The number of hydrogen-bond donors (Lipinski definition) is 2. The molecule has 0 radical (unpaired) electrons. The molecule has 166 valence electrons. The summed E-state index contributed by atoms with van der Waals surface area (Å²) in [4.78, 5) is 32.1. The molecule has 1 saturated heterocycles. The number of aryl methyl sites for hydroxylation is 1. The Hall–Kier alpha value is -3.46. The van der Waals surface area contributed by atoms with Gasteiger partial charge in [-0.05, 0) is 30.4 Å². The Morgan fingerprint density at radius 1 is 1.19 bits per heavy atom. The second kappa shape index (κ2) is 7.90. The van der Waals surface area contributed by atoms with Gasteiger partial charge in [-0.15, -0.1) is 0 Å². The van der Waals surface area contributed by atoms with Crippen molar-refractivity contribution in [3.63, 3.8) is 0 Å². The van der Waals surface area contributed by atoms with E-state index in [1.165, 1.54) is 6.20 Å². The lowest BCUT2D eigenvalue weighted by Crippen LogP contribution is -2.46. The average molecular weight is 435 g/mol. The van der Waals surface area contributed by atoms with E-state index in [4.69, 9.17) is 10.5 Å². The molecule has 2 atom stereocenters. The summed E-state index contributed by atoms with van der Waals surface area (Å²) in [5.74, 6) is -0.515. The molecule has 1 aromatic carbocycles. The number of hydrogen-bond acceptors (Lipinski definition) is 6. The quantitative estimate of drug-likeness (QED) is 0.599. The zero-order valence-electron chi connectivity index (χ0n) is 18.2. The van der Waals surface area contributed by atoms with Gasteiger partial charge in [-0.3, -0.25) is 14.3 Å². The van der Waals surface area contributed by atoms with Crippen molar-refractivity contribution in [2.45, 2.75) is 39.0 Å². The first-order valence-corrected chi connectivity index (χ1v) is 10.8. The number of likely N-dealkylation sites (tertiary alicyclic amines) is 1. The highest BCUT2D eigenvalue weighted by molar-refractivity contribution is 6.39. The number of ether oxygens (including phenoxy) is 1. The van der Waals surface area contributed by atoms with E-state index in [1.54, 1.807) is 4.90 Å². The van der Waals surface area contributed by atoms with Crippen molar-refractivity contribution in [3.8, 4) is 0 Å². The van der Waals surface area contributed by atoms with Crippen molar-refractivity contribution < 1.29 is 14.3 Å². The molecular weight excluding hydrogens is 408 g/mol. The van der Waals surface area contributed by atoms with E-state index in [-0.39, 0.29) is 6.04 Å². The van der Waals surface area contributed by atoms with Crippen LogP contribution >= 0.6 is 0 Å². The zero-order valence-corrected chi connectivity index (χ0v) is 18.2. The summed E-state index contributed by atoms with van der Waals surface area (Å²) < 4.78 is 7.27. The van der Waals surface area contributed by atoms with Gasteiger partial charge < -0.3 is 20.7 Å². The monoisotopic (exact) mass is 434 g/mol. The summed E-state index contributed by atoms with van der Waals surface area (Å²) in [7, 11) is 1.90. The van der Waals surface area contributed by atoms with Crippen LogP contribution in [0, 0.1) is 5.92 Å². The van der Waals surface area contributed by atoms with Crippen LogP contribution in [-0.4, -0.2) is 38.0 Å². The highest BCUT2D eigenvalue weighted by Crippen LogP contribution is 2.35. The van der Waals surface area contributed by atoms with E-state index in [0.717, 1.165) is 40.4 Å². The molecule has 0 saturated carbocycles. The Kier molecular flexibility index (Phi) is 5.05. The molecular formula is C23H26N6O3. The maximum absolute atomic E-state index is 13.3. The van der Waals surface area contributed by atoms with Crippen LogP contribution in [0.15, 0.2) is 30.6 Å². The van der Waals surface area contributed by atoms with Crippen molar-refractivity contribution in [2.24, 2.45) is 13.0 Å². The van der Waals surface area contributed by atoms with Crippen LogP contribution in [0.2, 0.25) is 0 Å². The number of nitrogens with one attached hydrogen (secondary N) is 1. The van der Waals surface area contributed by atoms with Gasteiger partial charge in [0.15, 0.2) is 0 Å². The summed E-state index contributed by atoms with van der Waals surface area (Å²) in [6.45, 7) is 3.32. The Bertz CT molecular complexity index is 1220. The molecule has 0 aliphatic carbocycles. The second-order valence-corrected chi connectivity index (χ2v) is 8.70. The second-order valence-electron chi connectivity index (χ2n) is 8.70. The van der Waals surface area contributed by atoms with Gasteiger partial charge in [0.25, 0.3) is 0 Å². The van der Waals surface area contributed by atoms with E-state index >= 15 is 0 Å². The number of nitrogens with two attached hydrogens (primary N) is 1. The minimum atomic E-state index is -0.675. The number of pyridine rings is 1. The van der Waals surface area contributed by atoms with Gasteiger partial charge in [0.2, 0.25) is 0 Å². The van der Waals surface area contributed by atoms with Crippen molar-refractivity contribution in [1.82, 2.24) is 19.7 Å².